The van der Waals surface area contributed by atoms with E-state index in [-0.39, 0.29) is 22.5 Å². The van der Waals surface area contributed by atoms with Gasteiger partial charge in [0.15, 0.2) is 5.78 Å². The zero-order chi connectivity index (χ0) is 14.9. The van der Waals surface area contributed by atoms with Crippen molar-refractivity contribution in [1.82, 2.24) is 0 Å². The fourth-order valence-electron chi connectivity index (χ4n) is 2.10. The molecule has 0 heterocycles. The number of hydrogen-bond acceptors (Lipinski definition) is 2. The molecule has 0 radical (unpaired) electrons. The number of carboxylic acid groups (broad SMARTS) is 1. The number of carbonyl (C=O) groups is 2. The van der Waals surface area contributed by atoms with Gasteiger partial charge in [-0.05, 0) is 43.2 Å². The van der Waals surface area contributed by atoms with E-state index < -0.39 is 11.8 Å². The minimum atomic E-state index is -1.16. The Hall–Kier alpha value is -2.49. The molecule has 2 aromatic rings. The van der Waals surface area contributed by atoms with E-state index in [1.807, 2.05) is 0 Å². The molecule has 0 aromatic heterocycles. The predicted molar refractivity (Wildman–Crippen MR) is 72.7 cm³/mol. The highest BCUT2D eigenvalue weighted by atomic mass is 19.1. The molecule has 102 valence electrons. The van der Waals surface area contributed by atoms with Crippen molar-refractivity contribution in [1.29, 1.82) is 0 Å². The Kier molecular flexibility index (Phi) is 3.66. The van der Waals surface area contributed by atoms with Gasteiger partial charge in [0.2, 0.25) is 0 Å². The number of aryl methyl sites for hydroxylation is 2. The minimum Gasteiger partial charge on any atom is -0.478 e. The SMILES string of the molecule is Cc1cc(C(=O)c2ccccc2C(=O)O)cc(C)c1F. The number of rotatable bonds is 3. The molecule has 0 bridgehead atoms. The molecular formula is C16H13FO3. The summed E-state index contributed by atoms with van der Waals surface area (Å²) in [6.07, 6.45) is 0. The molecule has 0 aliphatic heterocycles. The Bertz CT molecular complexity index is 682. The van der Waals surface area contributed by atoms with Gasteiger partial charge < -0.3 is 5.11 Å². The zero-order valence-corrected chi connectivity index (χ0v) is 11.1. The lowest BCUT2D eigenvalue weighted by Crippen LogP contribution is -2.10. The normalized spacial score (nSPS) is 10.3. The molecule has 0 saturated carbocycles. The van der Waals surface area contributed by atoms with Crippen LogP contribution in [0.3, 0.4) is 0 Å². The number of aromatic carboxylic acids is 1. The number of carboxylic acids is 1. The summed E-state index contributed by atoms with van der Waals surface area (Å²) in [5.74, 6) is -1.94. The maximum atomic E-state index is 13.6. The van der Waals surface area contributed by atoms with Gasteiger partial charge in [0, 0.05) is 11.1 Å². The van der Waals surface area contributed by atoms with Gasteiger partial charge >= 0.3 is 5.97 Å². The fourth-order valence-corrected chi connectivity index (χ4v) is 2.10. The molecule has 0 fully saturated rings. The van der Waals surface area contributed by atoms with Crippen LogP contribution in [0.15, 0.2) is 36.4 Å². The largest absolute Gasteiger partial charge is 0.478 e. The summed E-state index contributed by atoms with van der Waals surface area (Å²) in [5.41, 5.74) is 1.06. The lowest BCUT2D eigenvalue weighted by atomic mass is 9.96. The Morgan fingerprint density at radius 3 is 2.00 bits per heavy atom. The molecule has 0 spiro atoms. The molecule has 0 aliphatic carbocycles. The van der Waals surface area contributed by atoms with E-state index in [0.717, 1.165) is 0 Å². The molecule has 0 saturated heterocycles. The van der Waals surface area contributed by atoms with Crippen molar-refractivity contribution < 1.29 is 19.1 Å². The summed E-state index contributed by atoms with van der Waals surface area (Å²) >= 11 is 0. The van der Waals surface area contributed by atoms with Crippen molar-refractivity contribution in [2.24, 2.45) is 0 Å². The van der Waals surface area contributed by atoms with Crippen molar-refractivity contribution in [3.63, 3.8) is 0 Å². The van der Waals surface area contributed by atoms with Gasteiger partial charge in [0.05, 0.1) is 5.56 Å². The maximum absolute atomic E-state index is 13.6. The van der Waals surface area contributed by atoms with Crippen molar-refractivity contribution in [3.8, 4) is 0 Å². The Labute approximate surface area is 115 Å². The van der Waals surface area contributed by atoms with E-state index in [2.05, 4.69) is 0 Å². The third-order valence-corrected chi connectivity index (χ3v) is 3.10. The monoisotopic (exact) mass is 272 g/mol. The number of carbonyl (C=O) groups excluding carboxylic acids is 1. The highest BCUT2D eigenvalue weighted by Crippen LogP contribution is 2.19. The van der Waals surface area contributed by atoms with Gasteiger partial charge in [0.1, 0.15) is 5.82 Å². The molecule has 0 atom stereocenters. The average Bonchev–Trinajstić information content (AvgIpc) is 2.43. The van der Waals surface area contributed by atoms with Crippen LogP contribution in [0.25, 0.3) is 0 Å². The van der Waals surface area contributed by atoms with E-state index in [1.165, 1.54) is 24.3 Å². The Balaban J connectivity index is 2.55. The van der Waals surface area contributed by atoms with Crippen LogP contribution < -0.4 is 0 Å². The van der Waals surface area contributed by atoms with Gasteiger partial charge in [-0.2, -0.15) is 0 Å². The first-order valence-corrected chi connectivity index (χ1v) is 6.05. The topological polar surface area (TPSA) is 54.4 Å². The van der Waals surface area contributed by atoms with Crippen molar-refractivity contribution in [3.05, 3.63) is 70.0 Å². The van der Waals surface area contributed by atoms with Crippen LogP contribution in [0, 0.1) is 19.7 Å². The first kappa shape index (κ1) is 13.9. The van der Waals surface area contributed by atoms with Gasteiger partial charge in [0.25, 0.3) is 0 Å². The lowest BCUT2D eigenvalue weighted by Gasteiger charge is -2.08. The number of ketones is 1. The summed E-state index contributed by atoms with van der Waals surface area (Å²) in [6.45, 7) is 3.14. The second-order valence-electron chi connectivity index (χ2n) is 4.60. The van der Waals surface area contributed by atoms with Crippen molar-refractivity contribution >= 4 is 11.8 Å². The summed E-state index contributed by atoms with van der Waals surface area (Å²) in [4.78, 5) is 23.5. The van der Waals surface area contributed by atoms with Gasteiger partial charge in [-0.15, -0.1) is 0 Å². The van der Waals surface area contributed by atoms with E-state index in [4.69, 9.17) is 5.11 Å². The molecule has 0 aliphatic rings. The lowest BCUT2D eigenvalue weighted by molar-refractivity contribution is 0.0693. The van der Waals surface area contributed by atoms with Gasteiger partial charge in [-0.3, -0.25) is 4.79 Å². The van der Waals surface area contributed by atoms with Gasteiger partial charge in [-0.25, -0.2) is 9.18 Å². The first-order chi connectivity index (χ1) is 9.41. The van der Waals surface area contributed by atoms with Crippen LogP contribution >= 0.6 is 0 Å². The molecule has 2 rings (SSSR count). The molecule has 1 N–H and O–H groups in total. The van der Waals surface area contributed by atoms with Gasteiger partial charge in [-0.1, -0.05) is 18.2 Å². The number of benzene rings is 2. The summed E-state index contributed by atoms with van der Waals surface area (Å²) in [5, 5.41) is 9.10. The smallest absolute Gasteiger partial charge is 0.336 e. The molecule has 0 amide bonds. The van der Waals surface area contributed by atoms with Crippen molar-refractivity contribution in [2.45, 2.75) is 13.8 Å². The zero-order valence-electron chi connectivity index (χ0n) is 11.1. The van der Waals surface area contributed by atoms with Crippen LogP contribution in [-0.4, -0.2) is 16.9 Å². The van der Waals surface area contributed by atoms with Crippen LogP contribution in [0.4, 0.5) is 4.39 Å². The molecule has 3 nitrogen and oxygen atoms in total. The second-order valence-corrected chi connectivity index (χ2v) is 4.60. The highest BCUT2D eigenvalue weighted by molar-refractivity contribution is 6.14. The molecular weight excluding hydrogens is 259 g/mol. The second kappa shape index (κ2) is 5.25. The average molecular weight is 272 g/mol. The molecule has 2 aromatic carbocycles. The van der Waals surface area contributed by atoms with Crippen LogP contribution in [0.1, 0.15) is 37.4 Å². The van der Waals surface area contributed by atoms with Crippen molar-refractivity contribution in [2.75, 3.05) is 0 Å². The predicted octanol–water partition coefficient (Wildman–Crippen LogP) is 3.37. The van der Waals surface area contributed by atoms with Crippen LogP contribution in [0.5, 0.6) is 0 Å². The summed E-state index contributed by atoms with van der Waals surface area (Å²) < 4.78 is 13.6. The number of halogens is 1. The van der Waals surface area contributed by atoms with E-state index in [1.54, 1.807) is 26.0 Å². The summed E-state index contributed by atoms with van der Waals surface area (Å²) in [6, 6.07) is 8.86. The Morgan fingerprint density at radius 2 is 1.50 bits per heavy atom. The first-order valence-electron chi connectivity index (χ1n) is 6.05. The number of hydrogen-bond donors (Lipinski definition) is 1. The van der Waals surface area contributed by atoms with E-state index in [0.29, 0.717) is 11.1 Å². The maximum Gasteiger partial charge on any atom is 0.336 e. The standard InChI is InChI=1S/C16H13FO3/c1-9-7-11(8-10(2)14(9)17)15(18)12-5-3-4-6-13(12)16(19)20/h3-8H,1-2H3,(H,19,20). The highest BCUT2D eigenvalue weighted by Gasteiger charge is 2.18. The quantitative estimate of drug-likeness (QED) is 0.871. The molecule has 4 heteroatoms. The van der Waals surface area contributed by atoms with E-state index in [9.17, 15) is 14.0 Å². The summed E-state index contributed by atoms with van der Waals surface area (Å²) in [7, 11) is 0. The molecule has 20 heavy (non-hydrogen) atoms. The minimum absolute atomic E-state index is 0.0582. The molecule has 0 unspecified atom stereocenters. The third-order valence-electron chi connectivity index (χ3n) is 3.10. The van der Waals surface area contributed by atoms with Crippen LogP contribution in [0.2, 0.25) is 0 Å². The fraction of sp³-hybridized carbons (Fsp3) is 0.125. The van der Waals surface area contributed by atoms with Crippen LogP contribution in [-0.2, 0) is 0 Å². The van der Waals surface area contributed by atoms with E-state index >= 15 is 0 Å². The Morgan fingerprint density at radius 1 is 1.00 bits per heavy atom. The third kappa shape index (κ3) is 2.45.